The second-order valence-corrected chi connectivity index (χ2v) is 7.34. The number of carbonyl (C=O) groups excluding carboxylic acids is 1. The van der Waals surface area contributed by atoms with Gasteiger partial charge < -0.3 is 15.6 Å². The van der Waals surface area contributed by atoms with Crippen molar-refractivity contribution in [2.24, 2.45) is 0 Å². The molecule has 2 heterocycles. The van der Waals surface area contributed by atoms with Crippen molar-refractivity contribution in [3.63, 3.8) is 0 Å². The van der Waals surface area contributed by atoms with Gasteiger partial charge in [0.15, 0.2) is 0 Å². The molecule has 2 aromatic carbocycles. The molecule has 152 valence electrons. The van der Waals surface area contributed by atoms with Crippen molar-refractivity contribution in [2.45, 2.75) is 19.3 Å². The first-order chi connectivity index (χ1) is 14.8. The minimum atomic E-state index is -0.0872. The summed E-state index contributed by atoms with van der Waals surface area (Å²) < 4.78 is 0. The molecule has 0 bridgehead atoms. The molecule has 0 atom stereocenters. The number of hydrogen-bond acceptors (Lipinski definition) is 3. The molecule has 0 aliphatic heterocycles. The highest BCUT2D eigenvalue weighted by Gasteiger charge is 2.07. The van der Waals surface area contributed by atoms with Gasteiger partial charge in [0.05, 0.1) is 11.3 Å². The summed E-state index contributed by atoms with van der Waals surface area (Å²) in [6.45, 7) is 1.41. The summed E-state index contributed by atoms with van der Waals surface area (Å²) >= 11 is 0. The summed E-state index contributed by atoms with van der Waals surface area (Å²) in [5.41, 5.74) is 5.15. The molecule has 0 aliphatic rings. The van der Waals surface area contributed by atoms with E-state index in [2.05, 4.69) is 57.1 Å². The topological polar surface area (TPSA) is 69.8 Å². The highest BCUT2D eigenvalue weighted by atomic mass is 16.1. The molecule has 0 fully saturated rings. The van der Waals surface area contributed by atoms with Gasteiger partial charge in [-0.1, -0.05) is 48.5 Å². The van der Waals surface area contributed by atoms with Crippen LogP contribution in [0.25, 0.3) is 10.9 Å². The number of fused-ring (bicyclic) bond motifs is 1. The first kappa shape index (κ1) is 19.7. The van der Waals surface area contributed by atoms with Crippen LogP contribution in [0.1, 0.15) is 27.9 Å². The zero-order chi connectivity index (χ0) is 20.6. The van der Waals surface area contributed by atoms with Crippen molar-refractivity contribution >= 4 is 22.5 Å². The number of aromatic amines is 1. The van der Waals surface area contributed by atoms with E-state index in [0.717, 1.165) is 37.0 Å². The maximum Gasteiger partial charge on any atom is 0.252 e. The number of nitrogens with zero attached hydrogens (tertiary/aromatic N) is 1. The first-order valence-electron chi connectivity index (χ1n) is 10.4. The SMILES string of the molecule is O=C(NCCCc1ccccc1)c1cncc(NCCc2c[nH]c3ccccc23)c1. The summed E-state index contributed by atoms with van der Waals surface area (Å²) in [4.78, 5) is 20.0. The van der Waals surface area contributed by atoms with Crippen LogP contribution in [0.15, 0.2) is 79.3 Å². The van der Waals surface area contributed by atoms with Crippen molar-refractivity contribution < 1.29 is 4.79 Å². The zero-order valence-corrected chi connectivity index (χ0v) is 16.9. The van der Waals surface area contributed by atoms with Gasteiger partial charge in [-0.15, -0.1) is 0 Å². The summed E-state index contributed by atoms with van der Waals surface area (Å²) in [5.74, 6) is -0.0872. The fraction of sp³-hybridized carbons (Fsp3) is 0.200. The maximum absolute atomic E-state index is 12.4. The molecule has 0 spiro atoms. The van der Waals surface area contributed by atoms with Crippen molar-refractivity contribution in [2.75, 3.05) is 18.4 Å². The Labute approximate surface area is 176 Å². The lowest BCUT2D eigenvalue weighted by atomic mass is 10.1. The molecule has 0 saturated heterocycles. The normalized spacial score (nSPS) is 10.8. The van der Waals surface area contributed by atoms with E-state index in [9.17, 15) is 4.79 Å². The van der Waals surface area contributed by atoms with Crippen LogP contribution in [0.2, 0.25) is 0 Å². The molecular weight excluding hydrogens is 372 g/mol. The largest absolute Gasteiger partial charge is 0.383 e. The van der Waals surface area contributed by atoms with Crippen LogP contribution < -0.4 is 10.6 Å². The fourth-order valence-corrected chi connectivity index (χ4v) is 3.58. The molecule has 4 rings (SSSR count). The Morgan fingerprint density at radius 3 is 2.67 bits per heavy atom. The van der Waals surface area contributed by atoms with Gasteiger partial charge in [-0.25, -0.2) is 0 Å². The summed E-state index contributed by atoms with van der Waals surface area (Å²) in [6, 6.07) is 20.5. The Balaban J connectivity index is 1.25. The summed E-state index contributed by atoms with van der Waals surface area (Å²) in [5, 5.41) is 7.61. The van der Waals surface area contributed by atoms with Crippen molar-refractivity contribution in [3.8, 4) is 0 Å². The van der Waals surface area contributed by atoms with Gasteiger partial charge in [0.1, 0.15) is 0 Å². The van der Waals surface area contributed by atoms with Crippen LogP contribution in [0.4, 0.5) is 5.69 Å². The Morgan fingerprint density at radius 1 is 0.933 bits per heavy atom. The van der Waals surface area contributed by atoms with E-state index < -0.39 is 0 Å². The van der Waals surface area contributed by atoms with E-state index in [-0.39, 0.29) is 5.91 Å². The number of amides is 1. The first-order valence-corrected chi connectivity index (χ1v) is 10.4. The second-order valence-electron chi connectivity index (χ2n) is 7.34. The quantitative estimate of drug-likeness (QED) is 0.362. The molecular formula is C25H26N4O. The molecule has 0 radical (unpaired) electrons. The Kier molecular flexibility index (Phi) is 6.40. The van der Waals surface area contributed by atoms with Crippen LogP contribution in [0, 0.1) is 0 Å². The van der Waals surface area contributed by atoms with Gasteiger partial charge in [0, 0.05) is 42.6 Å². The molecule has 4 aromatic rings. The van der Waals surface area contributed by atoms with Crippen LogP contribution in [0.5, 0.6) is 0 Å². The van der Waals surface area contributed by atoms with E-state index >= 15 is 0 Å². The van der Waals surface area contributed by atoms with Crippen molar-refractivity contribution in [1.29, 1.82) is 0 Å². The van der Waals surface area contributed by atoms with Crippen LogP contribution >= 0.6 is 0 Å². The monoisotopic (exact) mass is 398 g/mol. The molecule has 2 aromatic heterocycles. The number of aromatic nitrogens is 2. The lowest BCUT2D eigenvalue weighted by Gasteiger charge is -2.09. The van der Waals surface area contributed by atoms with Gasteiger partial charge in [-0.05, 0) is 42.5 Å². The van der Waals surface area contributed by atoms with Gasteiger partial charge in [-0.3, -0.25) is 9.78 Å². The third kappa shape index (κ3) is 5.06. The van der Waals surface area contributed by atoms with Gasteiger partial charge in [-0.2, -0.15) is 0 Å². The number of rotatable bonds is 9. The summed E-state index contributed by atoms with van der Waals surface area (Å²) in [7, 11) is 0. The predicted molar refractivity (Wildman–Crippen MR) is 122 cm³/mol. The fourth-order valence-electron chi connectivity index (χ4n) is 3.58. The van der Waals surface area contributed by atoms with Crippen LogP contribution in [-0.4, -0.2) is 29.0 Å². The number of anilines is 1. The molecule has 5 nitrogen and oxygen atoms in total. The number of hydrogen-bond donors (Lipinski definition) is 3. The smallest absolute Gasteiger partial charge is 0.252 e. The van der Waals surface area contributed by atoms with Gasteiger partial charge in [0.25, 0.3) is 5.91 Å². The molecule has 0 aliphatic carbocycles. The summed E-state index contributed by atoms with van der Waals surface area (Å²) in [6.07, 6.45) is 8.17. The van der Waals surface area contributed by atoms with Crippen molar-refractivity contribution in [3.05, 3.63) is 95.9 Å². The highest BCUT2D eigenvalue weighted by Crippen LogP contribution is 2.18. The van der Waals surface area contributed by atoms with E-state index in [0.29, 0.717) is 12.1 Å². The minimum Gasteiger partial charge on any atom is -0.383 e. The van der Waals surface area contributed by atoms with E-state index in [1.807, 2.05) is 30.3 Å². The van der Waals surface area contributed by atoms with Crippen LogP contribution in [-0.2, 0) is 12.8 Å². The van der Waals surface area contributed by atoms with Gasteiger partial charge >= 0.3 is 0 Å². The molecule has 0 unspecified atom stereocenters. The number of benzene rings is 2. The number of aryl methyl sites for hydroxylation is 1. The Bertz CT molecular complexity index is 1100. The van der Waals surface area contributed by atoms with E-state index in [1.54, 1.807) is 12.4 Å². The average molecular weight is 399 g/mol. The third-order valence-corrected chi connectivity index (χ3v) is 5.17. The lowest BCUT2D eigenvalue weighted by Crippen LogP contribution is -2.25. The lowest BCUT2D eigenvalue weighted by molar-refractivity contribution is 0.0953. The third-order valence-electron chi connectivity index (χ3n) is 5.17. The molecule has 3 N–H and O–H groups in total. The Hall–Kier alpha value is -3.60. The maximum atomic E-state index is 12.4. The minimum absolute atomic E-state index is 0.0872. The zero-order valence-electron chi connectivity index (χ0n) is 16.9. The van der Waals surface area contributed by atoms with E-state index in [1.165, 1.54) is 16.5 Å². The molecule has 1 amide bonds. The molecule has 0 saturated carbocycles. The molecule has 30 heavy (non-hydrogen) atoms. The van der Waals surface area contributed by atoms with Crippen LogP contribution in [0.3, 0.4) is 0 Å². The highest BCUT2D eigenvalue weighted by molar-refractivity contribution is 5.94. The number of pyridine rings is 1. The number of para-hydroxylation sites is 1. The second kappa shape index (κ2) is 9.74. The van der Waals surface area contributed by atoms with Gasteiger partial charge in [0.2, 0.25) is 0 Å². The average Bonchev–Trinajstić information content (AvgIpc) is 3.21. The predicted octanol–water partition coefficient (Wildman–Crippen LogP) is 4.58. The number of carbonyl (C=O) groups is 1. The standard InChI is InChI=1S/C25H26N4O/c30-25(28-13-6-9-19-7-2-1-3-8-19)21-15-22(18-26-16-21)27-14-12-20-17-29-24-11-5-4-10-23(20)24/h1-5,7-8,10-11,15-18,27,29H,6,9,12-14H2,(H,28,30). The van der Waals surface area contributed by atoms with E-state index in [4.69, 9.17) is 0 Å². The number of H-pyrrole nitrogens is 1. The van der Waals surface area contributed by atoms with Crippen molar-refractivity contribution in [1.82, 2.24) is 15.3 Å². The number of nitrogens with one attached hydrogen (secondary N) is 3. The molecule has 5 heteroatoms. The Morgan fingerprint density at radius 2 is 1.77 bits per heavy atom.